The molecule has 2 aromatic heterocycles. The van der Waals surface area contributed by atoms with Crippen LogP contribution in [-0.2, 0) is 26.3 Å². The molecule has 34 heavy (non-hydrogen) atoms. The van der Waals surface area contributed by atoms with Crippen molar-refractivity contribution in [2.45, 2.75) is 50.1 Å². The van der Waals surface area contributed by atoms with Crippen molar-refractivity contribution in [3.05, 3.63) is 88.4 Å². The van der Waals surface area contributed by atoms with E-state index in [1.54, 1.807) is 6.20 Å². The number of likely N-dealkylation sites (tertiary alicyclic amines) is 2. The first-order chi connectivity index (χ1) is 16.6. The molecule has 0 spiro atoms. The summed E-state index contributed by atoms with van der Waals surface area (Å²) in [5.74, 6) is -0.588. The molecule has 3 aromatic rings. The van der Waals surface area contributed by atoms with E-state index < -0.39 is 5.41 Å². The molecule has 1 aromatic carbocycles. The van der Waals surface area contributed by atoms with Gasteiger partial charge in [-0.05, 0) is 47.9 Å². The van der Waals surface area contributed by atoms with Gasteiger partial charge in [-0.2, -0.15) is 0 Å². The van der Waals surface area contributed by atoms with E-state index in [1.165, 1.54) is 16.2 Å². The minimum Gasteiger partial charge on any atom is -0.336 e. The van der Waals surface area contributed by atoms with Gasteiger partial charge in [-0.3, -0.25) is 24.3 Å². The van der Waals surface area contributed by atoms with Crippen LogP contribution in [0.2, 0.25) is 0 Å². The summed E-state index contributed by atoms with van der Waals surface area (Å²) < 4.78 is 0. The Morgan fingerprint density at radius 2 is 1.91 bits per heavy atom. The number of piperidine rings is 1. The fourth-order valence-electron chi connectivity index (χ4n) is 5.25. The quantitative estimate of drug-likeness (QED) is 0.495. The van der Waals surface area contributed by atoms with Crippen molar-refractivity contribution in [3.8, 4) is 0 Å². The number of carbonyl (C=O) groups excluding carboxylic acids is 3. The van der Waals surface area contributed by atoms with E-state index in [1.807, 2.05) is 71.1 Å². The Labute approximate surface area is 203 Å². The Morgan fingerprint density at radius 3 is 2.65 bits per heavy atom. The van der Waals surface area contributed by atoms with E-state index in [-0.39, 0.29) is 43.1 Å². The minimum absolute atomic E-state index is 0.0123. The van der Waals surface area contributed by atoms with E-state index >= 15 is 0 Å². The zero-order valence-electron chi connectivity index (χ0n) is 18.9. The Morgan fingerprint density at radius 1 is 1.06 bits per heavy atom. The van der Waals surface area contributed by atoms with Crippen LogP contribution < -0.4 is 0 Å². The molecule has 0 unspecified atom stereocenters. The van der Waals surface area contributed by atoms with Crippen molar-refractivity contribution in [1.29, 1.82) is 0 Å². The Hall–Kier alpha value is -3.32. The molecule has 2 atom stereocenters. The Bertz CT molecular complexity index is 1170. The number of aromatic nitrogens is 1. The van der Waals surface area contributed by atoms with E-state index in [0.29, 0.717) is 6.54 Å². The highest BCUT2D eigenvalue weighted by molar-refractivity contribution is 7.09. The van der Waals surface area contributed by atoms with Crippen LogP contribution >= 0.6 is 11.3 Å². The molecule has 4 heterocycles. The van der Waals surface area contributed by atoms with E-state index in [0.717, 1.165) is 35.3 Å². The summed E-state index contributed by atoms with van der Waals surface area (Å²) in [5, 5.41) is 1.93. The molecular formula is C27H27N3O3S. The van der Waals surface area contributed by atoms with Gasteiger partial charge in [0.15, 0.2) is 0 Å². The average molecular weight is 474 g/mol. The maximum Gasteiger partial charge on any atom is 0.241 e. The molecule has 7 heteroatoms. The van der Waals surface area contributed by atoms with Crippen molar-refractivity contribution in [2.75, 3.05) is 6.54 Å². The first-order valence-electron chi connectivity index (χ1n) is 11.7. The number of nitrogens with zero attached hydrogens (tertiary/aromatic N) is 3. The monoisotopic (exact) mass is 473 g/mol. The van der Waals surface area contributed by atoms with Gasteiger partial charge in [0.1, 0.15) is 0 Å². The summed E-state index contributed by atoms with van der Waals surface area (Å²) in [6.07, 6.45) is 6.38. The number of benzene rings is 1. The SMILES string of the molecule is O=C1C[C@](CC(=O)N2CCCC[C@H]2c2cccnc2)(c2ccccc2)C(=O)N1Cc1cccs1. The van der Waals surface area contributed by atoms with Crippen molar-refractivity contribution < 1.29 is 14.4 Å². The van der Waals surface area contributed by atoms with Crippen LogP contribution in [0.15, 0.2) is 72.4 Å². The van der Waals surface area contributed by atoms with Gasteiger partial charge < -0.3 is 4.90 Å². The van der Waals surface area contributed by atoms with Crippen LogP contribution in [0.3, 0.4) is 0 Å². The fourth-order valence-corrected chi connectivity index (χ4v) is 5.94. The zero-order valence-corrected chi connectivity index (χ0v) is 19.7. The first-order valence-corrected chi connectivity index (χ1v) is 12.6. The maximum atomic E-state index is 13.9. The van der Waals surface area contributed by atoms with Crippen molar-refractivity contribution in [3.63, 3.8) is 0 Å². The summed E-state index contributed by atoms with van der Waals surface area (Å²) in [4.78, 5) is 49.2. The van der Waals surface area contributed by atoms with Gasteiger partial charge in [0, 0.05) is 36.7 Å². The standard InChI is InChI=1S/C27H27N3O3S/c31-24(29-14-5-4-12-23(29)20-8-6-13-28-18-20)16-27(21-9-2-1-3-10-21)17-25(32)30(26(27)33)19-22-11-7-15-34-22/h1-3,6-11,13,15,18,23H,4-5,12,14,16-17,19H2/t23-,27+/m0/s1. The van der Waals surface area contributed by atoms with Crippen LogP contribution in [0.25, 0.3) is 0 Å². The summed E-state index contributed by atoms with van der Waals surface area (Å²) in [6.45, 7) is 0.893. The number of hydrogen-bond acceptors (Lipinski definition) is 5. The van der Waals surface area contributed by atoms with Gasteiger partial charge in [-0.25, -0.2) is 0 Å². The van der Waals surface area contributed by atoms with E-state index in [2.05, 4.69) is 4.98 Å². The third-order valence-corrected chi connectivity index (χ3v) is 7.84. The number of pyridine rings is 1. The molecule has 2 aliphatic heterocycles. The number of hydrogen-bond donors (Lipinski definition) is 0. The Kier molecular flexibility index (Phi) is 6.28. The van der Waals surface area contributed by atoms with Gasteiger partial charge in [-0.1, -0.05) is 42.5 Å². The number of carbonyl (C=O) groups is 3. The molecule has 2 fully saturated rings. The maximum absolute atomic E-state index is 13.9. The highest BCUT2D eigenvalue weighted by atomic mass is 32.1. The van der Waals surface area contributed by atoms with Gasteiger partial charge in [-0.15, -0.1) is 11.3 Å². The minimum atomic E-state index is -1.18. The molecular weight excluding hydrogens is 446 g/mol. The van der Waals surface area contributed by atoms with Crippen LogP contribution in [0.4, 0.5) is 0 Å². The molecule has 2 saturated heterocycles. The van der Waals surface area contributed by atoms with Gasteiger partial charge in [0.25, 0.3) is 0 Å². The summed E-state index contributed by atoms with van der Waals surface area (Å²) in [7, 11) is 0. The summed E-state index contributed by atoms with van der Waals surface area (Å²) >= 11 is 1.52. The normalized spacial score (nSPS) is 22.9. The Balaban J connectivity index is 1.47. The fraction of sp³-hybridized carbons (Fsp3) is 0.333. The average Bonchev–Trinajstić information content (AvgIpc) is 3.48. The van der Waals surface area contributed by atoms with Crippen molar-refractivity contribution in [2.24, 2.45) is 0 Å². The third kappa shape index (κ3) is 4.16. The van der Waals surface area contributed by atoms with Crippen LogP contribution in [0.1, 0.15) is 54.1 Å². The van der Waals surface area contributed by atoms with Crippen LogP contribution in [0, 0.1) is 0 Å². The van der Waals surface area contributed by atoms with Crippen molar-refractivity contribution in [1.82, 2.24) is 14.8 Å². The summed E-state index contributed by atoms with van der Waals surface area (Å²) in [6, 6.07) is 17.0. The van der Waals surface area contributed by atoms with Gasteiger partial charge in [0.2, 0.25) is 17.7 Å². The molecule has 0 bridgehead atoms. The highest BCUT2D eigenvalue weighted by Crippen LogP contribution is 2.42. The molecule has 6 nitrogen and oxygen atoms in total. The molecule has 0 N–H and O–H groups in total. The molecule has 0 saturated carbocycles. The number of rotatable bonds is 6. The zero-order chi connectivity index (χ0) is 23.5. The molecule has 2 aliphatic rings. The first kappa shape index (κ1) is 22.5. The van der Waals surface area contributed by atoms with E-state index in [9.17, 15) is 14.4 Å². The predicted molar refractivity (Wildman–Crippen MR) is 130 cm³/mol. The smallest absolute Gasteiger partial charge is 0.241 e. The molecule has 0 radical (unpaired) electrons. The van der Waals surface area contributed by atoms with Gasteiger partial charge in [0.05, 0.1) is 18.0 Å². The second kappa shape index (κ2) is 9.50. The number of amides is 3. The topological polar surface area (TPSA) is 70.6 Å². The van der Waals surface area contributed by atoms with Crippen molar-refractivity contribution >= 4 is 29.1 Å². The molecule has 5 rings (SSSR count). The largest absolute Gasteiger partial charge is 0.336 e. The molecule has 0 aliphatic carbocycles. The lowest BCUT2D eigenvalue weighted by molar-refractivity contribution is -0.144. The van der Waals surface area contributed by atoms with Crippen LogP contribution in [0.5, 0.6) is 0 Å². The third-order valence-electron chi connectivity index (χ3n) is 6.97. The lowest BCUT2D eigenvalue weighted by Gasteiger charge is -2.38. The van der Waals surface area contributed by atoms with Gasteiger partial charge >= 0.3 is 0 Å². The highest BCUT2D eigenvalue weighted by Gasteiger charge is 2.54. The molecule has 3 amide bonds. The predicted octanol–water partition coefficient (Wildman–Crippen LogP) is 4.48. The second-order valence-corrected chi connectivity index (χ2v) is 10.1. The second-order valence-electron chi connectivity index (χ2n) is 9.05. The van der Waals surface area contributed by atoms with E-state index in [4.69, 9.17) is 0 Å². The summed E-state index contributed by atoms with van der Waals surface area (Å²) in [5.41, 5.74) is 0.562. The lowest BCUT2D eigenvalue weighted by atomic mass is 9.75. The number of thiophene rings is 1. The molecule has 174 valence electrons. The van der Waals surface area contributed by atoms with Crippen LogP contribution in [-0.4, -0.2) is 39.1 Å². The number of imide groups is 1. The lowest BCUT2D eigenvalue weighted by Crippen LogP contribution is -2.45.